The van der Waals surface area contributed by atoms with E-state index >= 15 is 0 Å². The zero-order valence-corrected chi connectivity index (χ0v) is 7.68. The number of rotatable bonds is 2. The van der Waals surface area contributed by atoms with Gasteiger partial charge < -0.3 is 5.11 Å². The zero-order chi connectivity index (χ0) is 10.8. The minimum atomic E-state index is -0.981. The number of carboxylic acids is 1. The lowest BCUT2D eigenvalue weighted by molar-refractivity contribution is -0.131. The summed E-state index contributed by atoms with van der Waals surface area (Å²) >= 11 is 0. The van der Waals surface area contributed by atoms with Crippen LogP contribution in [0.3, 0.4) is 0 Å². The Kier molecular flexibility index (Phi) is 6.44. The molecular weight excluding hydrogens is 178 g/mol. The molecule has 0 aliphatic carbocycles. The highest BCUT2D eigenvalue weighted by Crippen LogP contribution is 1.96. The second-order valence-electron chi connectivity index (χ2n) is 2.36. The van der Waals surface area contributed by atoms with Gasteiger partial charge in [0.1, 0.15) is 0 Å². The van der Waals surface area contributed by atoms with E-state index in [0.717, 1.165) is 11.6 Å². The molecule has 1 aromatic rings. The number of aliphatic carboxylic acids is 1. The fourth-order valence-corrected chi connectivity index (χ4v) is 0.687. The fourth-order valence-electron chi connectivity index (χ4n) is 0.687. The largest absolute Gasteiger partial charge is 0.478 e. The molecule has 0 spiro atoms. The summed E-state index contributed by atoms with van der Waals surface area (Å²) in [5, 5.41) is 15.9. The van der Waals surface area contributed by atoms with Crippen LogP contribution < -0.4 is 0 Å². The van der Waals surface area contributed by atoms with Gasteiger partial charge in [0, 0.05) is 6.08 Å². The summed E-state index contributed by atoms with van der Waals surface area (Å²) in [6.07, 6.45) is 1.35. The lowest BCUT2D eigenvalue weighted by Crippen LogP contribution is -1.82. The van der Waals surface area contributed by atoms with E-state index in [1.165, 1.54) is 0 Å². The van der Waals surface area contributed by atoms with Gasteiger partial charge in [0.15, 0.2) is 0 Å². The molecule has 0 bridgehead atoms. The van der Waals surface area contributed by atoms with Gasteiger partial charge in [0.25, 0.3) is 0 Å². The first-order valence-electron chi connectivity index (χ1n) is 3.97. The van der Waals surface area contributed by atoms with Crippen LogP contribution in [0.2, 0.25) is 0 Å². The van der Waals surface area contributed by atoms with E-state index in [1.54, 1.807) is 0 Å². The Morgan fingerprint density at radius 3 is 2.36 bits per heavy atom. The Labute approximate surface area is 82.9 Å². The molecule has 0 heterocycles. The molecule has 0 atom stereocenters. The molecule has 1 aromatic carbocycles. The molecule has 0 aromatic heterocycles. The maximum absolute atomic E-state index is 9.25. The van der Waals surface area contributed by atoms with E-state index in [2.05, 4.69) is 12.6 Å². The van der Waals surface area contributed by atoms with Crippen LogP contribution in [0.4, 0.5) is 0 Å². The third kappa shape index (κ3) is 6.62. The Balaban J connectivity index is 0.000000292. The second kappa shape index (κ2) is 7.56. The summed E-state index contributed by atoms with van der Waals surface area (Å²) in [5.74, 6) is -0.981. The van der Waals surface area contributed by atoms with E-state index in [-0.39, 0.29) is 0 Å². The molecule has 0 amide bonds. The maximum Gasteiger partial charge on any atom is 0.327 e. The molecule has 3 nitrogen and oxygen atoms in total. The van der Waals surface area contributed by atoms with E-state index in [4.69, 9.17) is 10.4 Å². The minimum Gasteiger partial charge on any atom is -0.478 e. The first-order valence-corrected chi connectivity index (χ1v) is 3.97. The summed E-state index contributed by atoms with van der Waals surface area (Å²) in [7, 11) is 0. The Hall–Kier alpha value is -2.08. The SMILES string of the molecule is C=CC(=O)O.N#CCc1ccccc1. The lowest BCUT2D eigenvalue weighted by Gasteiger charge is -1.88. The molecular formula is C11H11NO2. The average molecular weight is 189 g/mol. The molecule has 0 saturated heterocycles. The van der Waals surface area contributed by atoms with Crippen molar-refractivity contribution >= 4 is 5.97 Å². The summed E-state index contributed by atoms with van der Waals surface area (Å²) in [5.41, 5.74) is 1.08. The molecule has 3 heteroatoms. The molecule has 0 aliphatic heterocycles. The summed E-state index contributed by atoms with van der Waals surface area (Å²) in [6, 6.07) is 11.8. The molecule has 0 radical (unpaired) electrons. The van der Waals surface area contributed by atoms with Crippen LogP contribution in [0.1, 0.15) is 5.56 Å². The van der Waals surface area contributed by atoms with E-state index in [1.807, 2.05) is 30.3 Å². The van der Waals surface area contributed by atoms with Crippen LogP contribution in [0, 0.1) is 11.3 Å². The fraction of sp³-hybridized carbons (Fsp3) is 0.0909. The maximum atomic E-state index is 9.25. The van der Waals surface area contributed by atoms with Crippen LogP contribution in [0.25, 0.3) is 0 Å². The first-order chi connectivity index (χ1) is 6.70. The second-order valence-corrected chi connectivity index (χ2v) is 2.36. The molecule has 0 aliphatic rings. The topological polar surface area (TPSA) is 61.1 Å². The van der Waals surface area contributed by atoms with Crippen LogP contribution in [0.5, 0.6) is 0 Å². The van der Waals surface area contributed by atoms with Crippen molar-refractivity contribution in [1.82, 2.24) is 0 Å². The number of nitrogens with zero attached hydrogens (tertiary/aromatic N) is 1. The van der Waals surface area contributed by atoms with Gasteiger partial charge in [-0.1, -0.05) is 36.9 Å². The third-order valence-electron chi connectivity index (χ3n) is 1.30. The van der Waals surface area contributed by atoms with Crippen molar-refractivity contribution in [2.45, 2.75) is 6.42 Å². The van der Waals surface area contributed by atoms with Crippen molar-refractivity contribution in [3.05, 3.63) is 48.6 Å². The smallest absolute Gasteiger partial charge is 0.327 e. The van der Waals surface area contributed by atoms with Crippen molar-refractivity contribution in [3.63, 3.8) is 0 Å². The summed E-state index contributed by atoms with van der Waals surface area (Å²) in [4.78, 5) is 9.25. The van der Waals surface area contributed by atoms with E-state index < -0.39 is 5.97 Å². The normalized spacial score (nSPS) is 7.64. The highest BCUT2D eigenvalue weighted by molar-refractivity contribution is 5.78. The predicted octanol–water partition coefficient (Wildman–Crippen LogP) is 2.01. The summed E-state index contributed by atoms with van der Waals surface area (Å²) < 4.78 is 0. The molecule has 0 saturated carbocycles. The Morgan fingerprint density at radius 2 is 2.00 bits per heavy atom. The van der Waals surface area contributed by atoms with Gasteiger partial charge in [-0.15, -0.1) is 0 Å². The Morgan fingerprint density at radius 1 is 1.50 bits per heavy atom. The number of carboxylic acid groups (broad SMARTS) is 1. The van der Waals surface area contributed by atoms with Crippen molar-refractivity contribution in [1.29, 1.82) is 5.26 Å². The average Bonchev–Trinajstić information content (AvgIpc) is 2.21. The molecule has 0 unspecified atom stereocenters. The highest BCUT2D eigenvalue weighted by atomic mass is 16.4. The quantitative estimate of drug-likeness (QED) is 0.724. The highest BCUT2D eigenvalue weighted by Gasteiger charge is 1.84. The van der Waals surface area contributed by atoms with Crippen molar-refractivity contribution < 1.29 is 9.90 Å². The van der Waals surface area contributed by atoms with Crippen molar-refractivity contribution in [2.24, 2.45) is 0 Å². The zero-order valence-electron chi connectivity index (χ0n) is 7.68. The number of carbonyl (C=O) groups is 1. The summed E-state index contributed by atoms with van der Waals surface area (Å²) in [6.45, 7) is 2.96. The first kappa shape index (κ1) is 11.9. The Bertz CT molecular complexity index is 325. The monoisotopic (exact) mass is 189 g/mol. The van der Waals surface area contributed by atoms with Crippen molar-refractivity contribution in [2.75, 3.05) is 0 Å². The number of hydrogen-bond acceptors (Lipinski definition) is 2. The molecule has 14 heavy (non-hydrogen) atoms. The standard InChI is InChI=1S/C8H7N.C3H4O2/c9-7-6-8-4-2-1-3-5-8;1-2-3(4)5/h1-5H,6H2;2H,1H2,(H,4,5). The van der Waals surface area contributed by atoms with Crippen molar-refractivity contribution in [3.8, 4) is 6.07 Å². The predicted molar refractivity (Wildman–Crippen MR) is 53.6 cm³/mol. The van der Waals surface area contributed by atoms with Gasteiger partial charge in [-0.25, -0.2) is 4.79 Å². The molecule has 1 rings (SSSR count). The minimum absolute atomic E-state index is 0.515. The number of hydrogen-bond donors (Lipinski definition) is 1. The van der Waals surface area contributed by atoms with Crippen LogP contribution in [0.15, 0.2) is 43.0 Å². The molecule has 72 valence electrons. The third-order valence-corrected chi connectivity index (χ3v) is 1.30. The van der Waals surface area contributed by atoms with Crippen LogP contribution >= 0.6 is 0 Å². The van der Waals surface area contributed by atoms with Gasteiger partial charge in [0.2, 0.25) is 0 Å². The van der Waals surface area contributed by atoms with E-state index in [9.17, 15) is 4.79 Å². The number of nitriles is 1. The van der Waals surface area contributed by atoms with Crippen LogP contribution in [-0.2, 0) is 11.2 Å². The van der Waals surface area contributed by atoms with Gasteiger partial charge in [-0.3, -0.25) is 0 Å². The lowest BCUT2D eigenvalue weighted by atomic mass is 10.2. The van der Waals surface area contributed by atoms with Gasteiger partial charge >= 0.3 is 5.97 Å². The molecule has 0 fully saturated rings. The van der Waals surface area contributed by atoms with Gasteiger partial charge in [-0.2, -0.15) is 5.26 Å². The molecule has 1 N–H and O–H groups in total. The van der Waals surface area contributed by atoms with Crippen LogP contribution in [-0.4, -0.2) is 11.1 Å². The van der Waals surface area contributed by atoms with Gasteiger partial charge in [0.05, 0.1) is 12.5 Å². The van der Waals surface area contributed by atoms with Gasteiger partial charge in [-0.05, 0) is 5.56 Å². The van der Waals surface area contributed by atoms with E-state index in [0.29, 0.717) is 6.42 Å². The number of benzene rings is 1.